The first-order chi connectivity index (χ1) is 9.31. The number of nitrogens with one attached hydrogen (secondary N) is 1. The molecule has 2 nitrogen and oxygen atoms in total. The van der Waals surface area contributed by atoms with Gasteiger partial charge in [-0.1, -0.05) is 36.8 Å². The van der Waals surface area contributed by atoms with Gasteiger partial charge in [0.05, 0.1) is 0 Å². The summed E-state index contributed by atoms with van der Waals surface area (Å²) < 4.78 is 0. The SMILES string of the molecule is O=C(/C=C/c1ccccc1)NC[C@@H]1C[C@@H]2CC[C@@H]1C2. The molecule has 1 aromatic carbocycles. The first kappa shape index (κ1) is 12.5. The van der Waals surface area contributed by atoms with Crippen molar-refractivity contribution in [3.05, 3.63) is 42.0 Å². The van der Waals surface area contributed by atoms with E-state index < -0.39 is 0 Å². The second-order valence-electron chi connectivity index (χ2n) is 5.92. The van der Waals surface area contributed by atoms with Crippen LogP contribution in [0.4, 0.5) is 0 Å². The largest absolute Gasteiger partial charge is 0.352 e. The molecule has 2 fully saturated rings. The lowest BCUT2D eigenvalue weighted by molar-refractivity contribution is -0.116. The molecule has 2 heteroatoms. The average Bonchev–Trinajstić information content (AvgIpc) is 3.06. The Balaban J connectivity index is 1.46. The minimum absolute atomic E-state index is 0.0339. The minimum atomic E-state index is 0.0339. The molecule has 2 aliphatic rings. The van der Waals surface area contributed by atoms with Crippen LogP contribution in [0.2, 0.25) is 0 Å². The molecule has 2 bridgehead atoms. The standard InChI is InChI=1S/C17H21NO/c19-17(9-7-13-4-2-1-3-5-13)18-12-16-11-14-6-8-15(16)10-14/h1-5,7,9,14-16H,6,8,10-12H2,(H,18,19)/b9-7+/t14-,15-,16+/m1/s1. The number of rotatable bonds is 4. The van der Waals surface area contributed by atoms with Gasteiger partial charge in [-0.15, -0.1) is 0 Å². The maximum absolute atomic E-state index is 11.8. The van der Waals surface area contributed by atoms with Gasteiger partial charge in [0, 0.05) is 12.6 Å². The Morgan fingerprint density at radius 1 is 1.21 bits per heavy atom. The number of fused-ring (bicyclic) bond motifs is 2. The Morgan fingerprint density at radius 3 is 2.74 bits per heavy atom. The third kappa shape index (κ3) is 3.06. The Morgan fingerprint density at radius 2 is 2.05 bits per heavy atom. The summed E-state index contributed by atoms with van der Waals surface area (Å²) in [5.41, 5.74) is 1.07. The number of carbonyl (C=O) groups is 1. The Bertz CT molecular complexity index is 465. The molecule has 1 N–H and O–H groups in total. The summed E-state index contributed by atoms with van der Waals surface area (Å²) in [6, 6.07) is 9.94. The molecule has 0 aliphatic heterocycles. The zero-order valence-corrected chi connectivity index (χ0v) is 11.2. The molecular weight excluding hydrogens is 234 g/mol. The summed E-state index contributed by atoms with van der Waals surface area (Å²) in [5.74, 6) is 2.59. The van der Waals surface area contributed by atoms with Crippen molar-refractivity contribution in [2.24, 2.45) is 17.8 Å². The highest BCUT2D eigenvalue weighted by Crippen LogP contribution is 2.47. The van der Waals surface area contributed by atoms with Gasteiger partial charge in [-0.25, -0.2) is 0 Å². The summed E-state index contributed by atoms with van der Waals surface area (Å²) in [7, 11) is 0. The van der Waals surface area contributed by atoms with E-state index in [4.69, 9.17) is 0 Å². The number of carbonyl (C=O) groups excluding carboxylic acids is 1. The predicted octanol–water partition coefficient (Wildman–Crippen LogP) is 3.25. The zero-order chi connectivity index (χ0) is 13.1. The Kier molecular flexibility index (Phi) is 3.67. The van der Waals surface area contributed by atoms with Crippen LogP contribution in [0.3, 0.4) is 0 Å². The van der Waals surface area contributed by atoms with Crippen molar-refractivity contribution < 1.29 is 4.79 Å². The molecule has 1 amide bonds. The molecule has 100 valence electrons. The van der Waals surface area contributed by atoms with Crippen LogP contribution in [0.15, 0.2) is 36.4 Å². The smallest absolute Gasteiger partial charge is 0.244 e. The fraction of sp³-hybridized carbons (Fsp3) is 0.471. The second-order valence-corrected chi connectivity index (χ2v) is 5.92. The summed E-state index contributed by atoms with van der Waals surface area (Å²) >= 11 is 0. The molecule has 0 radical (unpaired) electrons. The van der Waals surface area contributed by atoms with Gasteiger partial charge in [0.25, 0.3) is 0 Å². The summed E-state index contributed by atoms with van der Waals surface area (Å²) in [5, 5.41) is 3.05. The van der Waals surface area contributed by atoms with E-state index in [2.05, 4.69) is 5.32 Å². The lowest BCUT2D eigenvalue weighted by atomic mass is 9.89. The highest BCUT2D eigenvalue weighted by molar-refractivity contribution is 5.91. The third-order valence-electron chi connectivity index (χ3n) is 4.65. The summed E-state index contributed by atoms with van der Waals surface area (Å²) in [4.78, 5) is 11.8. The van der Waals surface area contributed by atoms with Crippen LogP contribution in [-0.2, 0) is 4.79 Å². The van der Waals surface area contributed by atoms with E-state index in [0.29, 0.717) is 0 Å². The Hall–Kier alpha value is -1.57. The maximum Gasteiger partial charge on any atom is 0.244 e. The molecule has 1 aromatic rings. The van der Waals surface area contributed by atoms with Crippen LogP contribution < -0.4 is 5.32 Å². The monoisotopic (exact) mass is 255 g/mol. The van der Waals surface area contributed by atoms with Gasteiger partial charge in [0.1, 0.15) is 0 Å². The fourth-order valence-corrected chi connectivity index (χ4v) is 3.65. The van der Waals surface area contributed by atoms with Gasteiger partial charge in [0.15, 0.2) is 0 Å². The first-order valence-corrected chi connectivity index (χ1v) is 7.32. The van der Waals surface area contributed by atoms with E-state index in [9.17, 15) is 4.79 Å². The second kappa shape index (κ2) is 5.60. The van der Waals surface area contributed by atoms with Gasteiger partial charge < -0.3 is 5.32 Å². The molecule has 0 aromatic heterocycles. The lowest BCUT2D eigenvalue weighted by Gasteiger charge is -2.21. The van der Waals surface area contributed by atoms with Gasteiger partial charge >= 0.3 is 0 Å². The highest BCUT2D eigenvalue weighted by Gasteiger charge is 2.39. The first-order valence-electron chi connectivity index (χ1n) is 7.32. The zero-order valence-electron chi connectivity index (χ0n) is 11.2. The fourth-order valence-electron chi connectivity index (χ4n) is 3.65. The van der Waals surface area contributed by atoms with Crippen molar-refractivity contribution >= 4 is 12.0 Å². The highest BCUT2D eigenvalue weighted by atomic mass is 16.1. The maximum atomic E-state index is 11.8. The average molecular weight is 255 g/mol. The van der Waals surface area contributed by atoms with Crippen molar-refractivity contribution in [2.45, 2.75) is 25.7 Å². The van der Waals surface area contributed by atoms with E-state index in [1.54, 1.807) is 6.08 Å². The van der Waals surface area contributed by atoms with E-state index in [1.807, 2.05) is 36.4 Å². The number of hydrogen-bond donors (Lipinski definition) is 1. The molecule has 19 heavy (non-hydrogen) atoms. The van der Waals surface area contributed by atoms with Crippen molar-refractivity contribution in [2.75, 3.05) is 6.54 Å². The number of amides is 1. The summed E-state index contributed by atoms with van der Waals surface area (Å²) in [6.45, 7) is 0.860. The normalized spacial score (nSPS) is 28.9. The molecule has 3 rings (SSSR count). The molecule has 2 aliphatic carbocycles. The van der Waals surface area contributed by atoms with Gasteiger partial charge in [0.2, 0.25) is 5.91 Å². The lowest BCUT2D eigenvalue weighted by Crippen LogP contribution is -2.30. The van der Waals surface area contributed by atoms with Crippen LogP contribution in [0, 0.1) is 17.8 Å². The molecule has 0 unspecified atom stereocenters. The molecule has 0 heterocycles. The molecule has 3 atom stereocenters. The topological polar surface area (TPSA) is 29.1 Å². The number of benzene rings is 1. The van der Waals surface area contributed by atoms with E-state index in [1.165, 1.54) is 25.7 Å². The molecule has 0 saturated heterocycles. The van der Waals surface area contributed by atoms with Crippen molar-refractivity contribution in [1.82, 2.24) is 5.32 Å². The van der Waals surface area contributed by atoms with Crippen molar-refractivity contribution in [3.8, 4) is 0 Å². The minimum Gasteiger partial charge on any atom is -0.352 e. The molecule has 0 spiro atoms. The third-order valence-corrected chi connectivity index (χ3v) is 4.65. The van der Waals surface area contributed by atoms with Crippen molar-refractivity contribution in [1.29, 1.82) is 0 Å². The van der Waals surface area contributed by atoms with Gasteiger partial charge in [-0.05, 0) is 48.7 Å². The molecular formula is C17H21NO. The van der Waals surface area contributed by atoms with Crippen molar-refractivity contribution in [3.63, 3.8) is 0 Å². The van der Waals surface area contributed by atoms with Crippen LogP contribution in [0.1, 0.15) is 31.2 Å². The quantitative estimate of drug-likeness (QED) is 0.822. The Labute approximate surface area is 114 Å². The predicted molar refractivity (Wildman–Crippen MR) is 77.4 cm³/mol. The van der Waals surface area contributed by atoms with Crippen LogP contribution in [0.25, 0.3) is 6.08 Å². The van der Waals surface area contributed by atoms with Gasteiger partial charge in [-0.3, -0.25) is 4.79 Å². The van der Waals surface area contributed by atoms with Crippen LogP contribution in [0.5, 0.6) is 0 Å². The van der Waals surface area contributed by atoms with E-state index in [-0.39, 0.29) is 5.91 Å². The van der Waals surface area contributed by atoms with Crippen LogP contribution >= 0.6 is 0 Å². The van der Waals surface area contributed by atoms with E-state index >= 15 is 0 Å². The number of hydrogen-bond acceptors (Lipinski definition) is 1. The van der Waals surface area contributed by atoms with Crippen LogP contribution in [-0.4, -0.2) is 12.5 Å². The van der Waals surface area contributed by atoms with E-state index in [0.717, 1.165) is 29.9 Å². The summed E-state index contributed by atoms with van der Waals surface area (Å²) in [6.07, 6.45) is 9.04. The van der Waals surface area contributed by atoms with Gasteiger partial charge in [-0.2, -0.15) is 0 Å². The molecule has 2 saturated carbocycles.